The number of ether oxygens (including phenoxy) is 1. The van der Waals surface area contributed by atoms with Crippen LogP contribution in [0.1, 0.15) is 29.6 Å². The van der Waals surface area contributed by atoms with E-state index in [-0.39, 0.29) is 5.91 Å². The average Bonchev–Trinajstić information content (AvgIpc) is 2.92. The molecule has 1 aromatic heterocycles. The maximum absolute atomic E-state index is 12.4. The maximum atomic E-state index is 12.4. The van der Waals surface area contributed by atoms with Gasteiger partial charge in [-0.15, -0.1) is 0 Å². The van der Waals surface area contributed by atoms with E-state index in [1.807, 2.05) is 0 Å². The number of amides is 1. The lowest BCUT2D eigenvalue weighted by Gasteiger charge is -2.43. The lowest BCUT2D eigenvalue weighted by atomic mass is 9.87. The van der Waals surface area contributed by atoms with Crippen LogP contribution in [0.25, 0.3) is 0 Å². The fourth-order valence-electron chi connectivity index (χ4n) is 2.92. The Morgan fingerprint density at radius 3 is 2.95 bits per heavy atom. The molecule has 102 valence electrons. The molecule has 0 aliphatic carbocycles. The molecule has 3 heterocycles. The van der Waals surface area contributed by atoms with Crippen LogP contribution in [0.15, 0.2) is 18.7 Å². The summed E-state index contributed by atoms with van der Waals surface area (Å²) < 4.78 is 5.73. The first-order chi connectivity index (χ1) is 9.21. The van der Waals surface area contributed by atoms with Crippen molar-refractivity contribution in [2.75, 3.05) is 19.7 Å². The minimum Gasteiger partial charge on any atom is -0.390 e. The smallest absolute Gasteiger partial charge is 0.257 e. The Hall–Kier alpha value is -1.53. The van der Waals surface area contributed by atoms with Crippen molar-refractivity contribution in [2.24, 2.45) is 0 Å². The minimum absolute atomic E-state index is 0.0950. The van der Waals surface area contributed by atoms with E-state index >= 15 is 0 Å². The second kappa shape index (κ2) is 4.86. The maximum Gasteiger partial charge on any atom is 0.257 e. The zero-order chi connectivity index (χ0) is 13.3. The number of piperidine rings is 1. The van der Waals surface area contributed by atoms with Gasteiger partial charge in [0.05, 0.1) is 18.2 Å². The van der Waals surface area contributed by atoms with Crippen molar-refractivity contribution in [3.8, 4) is 0 Å². The summed E-state index contributed by atoms with van der Waals surface area (Å²) in [6.07, 6.45) is 6.26. The van der Waals surface area contributed by atoms with Crippen LogP contribution in [0, 0.1) is 0 Å². The van der Waals surface area contributed by atoms with Gasteiger partial charge in [0, 0.05) is 25.5 Å². The van der Waals surface area contributed by atoms with Crippen LogP contribution < -0.4 is 0 Å². The molecule has 6 heteroatoms. The van der Waals surface area contributed by atoms with Crippen LogP contribution in [0.2, 0.25) is 0 Å². The zero-order valence-electron chi connectivity index (χ0n) is 10.7. The fourth-order valence-corrected chi connectivity index (χ4v) is 2.92. The first-order valence-corrected chi connectivity index (χ1v) is 6.58. The highest BCUT2D eigenvalue weighted by molar-refractivity contribution is 5.93. The Bertz CT molecular complexity index is 459. The van der Waals surface area contributed by atoms with Gasteiger partial charge < -0.3 is 14.7 Å². The monoisotopic (exact) mass is 263 g/mol. The lowest BCUT2D eigenvalue weighted by molar-refractivity contribution is -0.124. The first kappa shape index (κ1) is 12.5. The van der Waals surface area contributed by atoms with Gasteiger partial charge in [-0.25, -0.2) is 9.97 Å². The van der Waals surface area contributed by atoms with Crippen molar-refractivity contribution in [3.05, 3.63) is 24.3 Å². The summed E-state index contributed by atoms with van der Waals surface area (Å²) in [6.45, 7) is 1.65. The van der Waals surface area contributed by atoms with Crippen LogP contribution >= 0.6 is 0 Å². The van der Waals surface area contributed by atoms with Gasteiger partial charge in [-0.1, -0.05) is 0 Å². The van der Waals surface area contributed by atoms with Crippen molar-refractivity contribution in [1.82, 2.24) is 14.9 Å². The van der Waals surface area contributed by atoms with Gasteiger partial charge in [0.15, 0.2) is 0 Å². The summed E-state index contributed by atoms with van der Waals surface area (Å²) in [7, 11) is 0. The molecule has 0 radical (unpaired) electrons. The van der Waals surface area contributed by atoms with Crippen LogP contribution in [-0.2, 0) is 4.74 Å². The van der Waals surface area contributed by atoms with Crippen LogP contribution in [0.4, 0.5) is 0 Å². The SMILES string of the molecule is O=C(c1cncnc1)N1CC[C@H](O)[C@]2(CCCO2)C1. The lowest BCUT2D eigenvalue weighted by Crippen LogP contribution is -2.57. The molecule has 1 aromatic rings. The van der Waals surface area contributed by atoms with E-state index in [1.165, 1.54) is 18.7 Å². The second-order valence-corrected chi connectivity index (χ2v) is 5.18. The molecule has 0 aromatic carbocycles. The molecule has 2 saturated heterocycles. The molecule has 1 amide bonds. The quantitative estimate of drug-likeness (QED) is 0.785. The predicted molar refractivity (Wildman–Crippen MR) is 66.5 cm³/mol. The van der Waals surface area contributed by atoms with E-state index in [9.17, 15) is 9.90 Å². The molecule has 0 bridgehead atoms. The molecule has 19 heavy (non-hydrogen) atoms. The zero-order valence-corrected chi connectivity index (χ0v) is 10.7. The molecule has 0 unspecified atom stereocenters. The van der Waals surface area contributed by atoms with Crippen molar-refractivity contribution < 1.29 is 14.6 Å². The molecule has 3 rings (SSSR count). The number of hydrogen-bond donors (Lipinski definition) is 1. The number of nitrogens with zero attached hydrogens (tertiary/aromatic N) is 3. The van der Waals surface area contributed by atoms with Gasteiger partial charge >= 0.3 is 0 Å². The number of carbonyl (C=O) groups excluding carboxylic acids is 1. The van der Waals surface area contributed by atoms with Gasteiger partial charge in [0.2, 0.25) is 0 Å². The van der Waals surface area contributed by atoms with Gasteiger partial charge in [-0.3, -0.25) is 4.79 Å². The molecular weight excluding hydrogens is 246 g/mol. The van der Waals surface area contributed by atoms with E-state index in [0.717, 1.165) is 12.8 Å². The van der Waals surface area contributed by atoms with Crippen molar-refractivity contribution >= 4 is 5.91 Å². The standard InChI is InChI=1S/C13H17N3O3/c17-11-2-4-16(8-13(11)3-1-5-19-13)12(18)10-6-14-9-15-7-10/h6-7,9,11,17H,1-5,8H2/t11-,13-/m0/s1. The van der Waals surface area contributed by atoms with E-state index in [4.69, 9.17) is 4.74 Å². The van der Waals surface area contributed by atoms with E-state index < -0.39 is 11.7 Å². The van der Waals surface area contributed by atoms with Crippen LogP contribution in [0.5, 0.6) is 0 Å². The largest absolute Gasteiger partial charge is 0.390 e. The minimum atomic E-state index is -0.566. The van der Waals surface area contributed by atoms with Crippen molar-refractivity contribution in [1.29, 1.82) is 0 Å². The molecule has 6 nitrogen and oxygen atoms in total. The summed E-state index contributed by atoms with van der Waals surface area (Å²) in [5.74, 6) is -0.0950. The number of hydrogen-bond acceptors (Lipinski definition) is 5. The molecule has 2 aliphatic rings. The fraction of sp³-hybridized carbons (Fsp3) is 0.615. The Balaban J connectivity index is 1.77. The highest BCUT2D eigenvalue weighted by Gasteiger charge is 2.47. The summed E-state index contributed by atoms with van der Waals surface area (Å²) in [5, 5.41) is 10.1. The summed E-state index contributed by atoms with van der Waals surface area (Å²) >= 11 is 0. The molecule has 2 atom stereocenters. The number of aliphatic hydroxyl groups excluding tert-OH is 1. The first-order valence-electron chi connectivity index (χ1n) is 6.58. The third-order valence-corrected chi connectivity index (χ3v) is 3.97. The van der Waals surface area contributed by atoms with Gasteiger partial charge in [-0.05, 0) is 19.3 Å². The second-order valence-electron chi connectivity index (χ2n) is 5.18. The van der Waals surface area contributed by atoms with Gasteiger partial charge in [0.25, 0.3) is 5.91 Å². The third-order valence-electron chi connectivity index (χ3n) is 3.97. The predicted octanol–water partition coefficient (Wildman–Crippen LogP) is 0.233. The summed E-state index contributed by atoms with van der Waals surface area (Å²) in [6, 6.07) is 0. The van der Waals surface area contributed by atoms with E-state index in [2.05, 4.69) is 9.97 Å². The average molecular weight is 263 g/mol. The Morgan fingerprint density at radius 1 is 1.47 bits per heavy atom. The number of carbonyl (C=O) groups is 1. The topological polar surface area (TPSA) is 75.6 Å². The van der Waals surface area contributed by atoms with Crippen LogP contribution in [-0.4, -0.2) is 57.3 Å². The van der Waals surface area contributed by atoms with E-state index in [0.29, 0.717) is 31.7 Å². The molecular formula is C13H17N3O3. The van der Waals surface area contributed by atoms with Crippen molar-refractivity contribution in [3.63, 3.8) is 0 Å². The molecule has 2 aliphatic heterocycles. The third kappa shape index (κ3) is 2.21. The summed E-state index contributed by atoms with van der Waals surface area (Å²) in [4.78, 5) is 21.8. The van der Waals surface area contributed by atoms with Crippen molar-refractivity contribution in [2.45, 2.75) is 31.0 Å². The molecule has 1 spiro atoms. The molecule has 2 fully saturated rings. The Morgan fingerprint density at radius 2 is 2.26 bits per heavy atom. The number of likely N-dealkylation sites (tertiary alicyclic amines) is 1. The number of aromatic nitrogens is 2. The Kier molecular flexibility index (Phi) is 3.20. The van der Waals surface area contributed by atoms with Crippen LogP contribution in [0.3, 0.4) is 0 Å². The van der Waals surface area contributed by atoms with E-state index in [1.54, 1.807) is 4.90 Å². The molecule has 1 N–H and O–H groups in total. The number of aliphatic hydroxyl groups is 1. The number of rotatable bonds is 1. The normalized spacial score (nSPS) is 30.8. The highest BCUT2D eigenvalue weighted by atomic mass is 16.5. The van der Waals surface area contributed by atoms with Gasteiger partial charge in [-0.2, -0.15) is 0 Å². The molecule has 0 saturated carbocycles. The van der Waals surface area contributed by atoms with Gasteiger partial charge in [0.1, 0.15) is 11.9 Å². The Labute approximate surface area is 111 Å². The highest BCUT2D eigenvalue weighted by Crippen LogP contribution is 2.35. The summed E-state index contributed by atoms with van der Waals surface area (Å²) in [5.41, 5.74) is -0.0872.